The highest BCUT2D eigenvalue weighted by atomic mass is 16.5. The van der Waals surface area contributed by atoms with Crippen molar-refractivity contribution in [3.8, 4) is 6.07 Å². The van der Waals surface area contributed by atoms with Gasteiger partial charge in [-0.25, -0.2) is 9.78 Å². The number of hydrogen-bond donors (Lipinski definition) is 0. The molecule has 0 saturated carbocycles. The Bertz CT molecular complexity index is 1350. The van der Waals surface area contributed by atoms with E-state index in [0.29, 0.717) is 22.0 Å². The summed E-state index contributed by atoms with van der Waals surface area (Å²) in [5, 5.41) is 10.2. The van der Waals surface area contributed by atoms with Crippen LogP contribution >= 0.6 is 0 Å². The number of esters is 1. The lowest BCUT2D eigenvalue weighted by atomic mass is 10.1. The molecule has 150 valence electrons. The molecule has 0 fully saturated rings. The zero-order valence-electron chi connectivity index (χ0n) is 16.1. The SMILES string of the molecule is COCc1c(C(=O)OCc2nc3ccccc3c(=O)n2CC#N)oc2ccccc12. The van der Waals surface area contributed by atoms with Crippen LogP contribution in [0.5, 0.6) is 0 Å². The third-order valence-corrected chi connectivity index (χ3v) is 4.67. The second-order valence-electron chi connectivity index (χ2n) is 6.51. The Morgan fingerprint density at radius 2 is 1.87 bits per heavy atom. The summed E-state index contributed by atoms with van der Waals surface area (Å²) in [4.78, 5) is 29.9. The number of hydrogen-bond acceptors (Lipinski definition) is 7. The fourth-order valence-electron chi connectivity index (χ4n) is 3.30. The Hall–Kier alpha value is -3.96. The molecule has 0 aliphatic heterocycles. The molecule has 0 aliphatic carbocycles. The number of benzene rings is 2. The Balaban J connectivity index is 1.68. The molecule has 0 atom stereocenters. The lowest BCUT2D eigenvalue weighted by Crippen LogP contribution is -2.26. The zero-order valence-corrected chi connectivity index (χ0v) is 16.1. The third-order valence-electron chi connectivity index (χ3n) is 4.67. The van der Waals surface area contributed by atoms with E-state index in [9.17, 15) is 9.59 Å². The molecule has 8 nitrogen and oxygen atoms in total. The lowest BCUT2D eigenvalue weighted by Gasteiger charge is -2.11. The van der Waals surface area contributed by atoms with Gasteiger partial charge >= 0.3 is 5.97 Å². The number of aromatic nitrogens is 2. The summed E-state index contributed by atoms with van der Waals surface area (Å²) in [5.74, 6) is -0.491. The number of carbonyl (C=O) groups excluding carboxylic acids is 1. The van der Waals surface area contributed by atoms with Gasteiger partial charge in [0.15, 0.2) is 5.82 Å². The highest BCUT2D eigenvalue weighted by Crippen LogP contribution is 2.27. The molecule has 4 rings (SSSR count). The largest absolute Gasteiger partial charge is 0.452 e. The van der Waals surface area contributed by atoms with Gasteiger partial charge in [-0.3, -0.25) is 9.36 Å². The predicted octanol–water partition coefficient (Wildman–Crippen LogP) is 3.17. The molecule has 2 heterocycles. The summed E-state index contributed by atoms with van der Waals surface area (Å²) in [6.45, 7) is -0.317. The highest BCUT2D eigenvalue weighted by molar-refractivity contribution is 5.96. The fraction of sp³-hybridized carbons (Fsp3) is 0.182. The first-order chi connectivity index (χ1) is 14.6. The quantitative estimate of drug-likeness (QED) is 0.455. The molecule has 0 saturated heterocycles. The van der Waals surface area contributed by atoms with Crippen molar-refractivity contribution in [2.75, 3.05) is 7.11 Å². The monoisotopic (exact) mass is 403 g/mol. The van der Waals surface area contributed by atoms with Crippen molar-refractivity contribution >= 4 is 27.8 Å². The van der Waals surface area contributed by atoms with E-state index in [0.717, 1.165) is 5.39 Å². The summed E-state index contributed by atoms with van der Waals surface area (Å²) in [6, 6.07) is 16.0. The maximum Gasteiger partial charge on any atom is 0.375 e. The molecule has 0 spiro atoms. The van der Waals surface area contributed by atoms with Crippen molar-refractivity contribution in [3.05, 3.63) is 76.0 Å². The van der Waals surface area contributed by atoms with Crippen LogP contribution in [0.25, 0.3) is 21.9 Å². The van der Waals surface area contributed by atoms with Gasteiger partial charge in [0, 0.05) is 18.1 Å². The summed E-state index contributed by atoms with van der Waals surface area (Å²) in [5.41, 5.74) is 1.23. The summed E-state index contributed by atoms with van der Waals surface area (Å²) in [6.07, 6.45) is 0. The number of nitrogens with zero attached hydrogens (tertiary/aromatic N) is 3. The van der Waals surface area contributed by atoms with Crippen molar-refractivity contribution in [1.82, 2.24) is 9.55 Å². The maximum atomic E-state index is 12.7. The van der Waals surface area contributed by atoms with Crippen LogP contribution in [0.2, 0.25) is 0 Å². The summed E-state index contributed by atoms with van der Waals surface area (Å²) < 4.78 is 17.5. The van der Waals surface area contributed by atoms with Gasteiger partial charge in [-0.05, 0) is 18.2 Å². The van der Waals surface area contributed by atoms with E-state index in [1.54, 1.807) is 36.4 Å². The van der Waals surface area contributed by atoms with Gasteiger partial charge in [0.1, 0.15) is 18.7 Å². The Morgan fingerprint density at radius 1 is 1.13 bits per heavy atom. The first-order valence-electron chi connectivity index (χ1n) is 9.16. The number of nitriles is 1. The number of methoxy groups -OCH3 is 1. The molecule has 0 bridgehead atoms. The van der Waals surface area contributed by atoms with Crippen LogP contribution in [-0.4, -0.2) is 22.6 Å². The van der Waals surface area contributed by atoms with E-state index in [2.05, 4.69) is 4.98 Å². The van der Waals surface area contributed by atoms with Crippen LogP contribution < -0.4 is 5.56 Å². The summed E-state index contributed by atoms with van der Waals surface area (Å²) in [7, 11) is 1.52. The predicted molar refractivity (Wildman–Crippen MR) is 108 cm³/mol. The molecule has 4 aromatic rings. The number of ether oxygens (including phenoxy) is 2. The molecule has 2 aromatic heterocycles. The van der Waals surface area contributed by atoms with Crippen LogP contribution in [-0.2, 0) is 29.2 Å². The summed E-state index contributed by atoms with van der Waals surface area (Å²) >= 11 is 0. The van der Waals surface area contributed by atoms with Crippen LogP contribution in [0.1, 0.15) is 21.9 Å². The Labute approximate surface area is 170 Å². The molecule has 0 amide bonds. The topological polar surface area (TPSA) is 107 Å². The van der Waals surface area contributed by atoms with Gasteiger partial charge in [0.25, 0.3) is 5.56 Å². The minimum Gasteiger partial charge on any atom is -0.452 e. The number of fused-ring (bicyclic) bond motifs is 2. The van der Waals surface area contributed by atoms with E-state index < -0.39 is 5.97 Å². The van der Waals surface area contributed by atoms with E-state index in [-0.39, 0.29) is 36.9 Å². The van der Waals surface area contributed by atoms with Crippen molar-refractivity contribution < 1.29 is 18.7 Å². The van der Waals surface area contributed by atoms with Crippen molar-refractivity contribution in [1.29, 1.82) is 5.26 Å². The molecule has 8 heteroatoms. The molecule has 0 unspecified atom stereocenters. The number of rotatable bonds is 6. The van der Waals surface area contributed by atoms with Gasteiger partial charge in [0.2, 0.25) is 5.76 Å². The van der Waals surface area contributed by atoms with Crippen molar-refractivity contribution in [3.63, 3.8) is 0 Å². The van der Waals surface area contributed by atoms with Gasteiger partial charge in [0.05, 0.1) is 23.6 Å². The highest BCUT2D eigenvalue weighted by Gasteiger charge is 2.22. The minimum absolute atomic E-state index is 0.0352. The smallest absolute Gasteiger partial charge is 0.375 e. The molecular formula is C22H17N3O5. The number of carbonyl (C=O) groups is 1. The third kappa shape index (κ3) is 3.43. The molecule has 0 radical (unpaired) electrons. The zero-order chi connectivity index (χ0) is 21.1. The number of para-hydroxylation sites is 2. The van der Waals surface area contributed by atoms with Crippen LogP contribution in [0, 0.1) is 11.3 Å². The minimum atomic E-state index is -0.704. The van der Waals surface area contributed by atoms with Crippen molar-refractivity contribution in [2.45, 2.75) is 19.8 Å². The number of furan rings is 1. The van der Waals surface area contributed by atoms with Crippen LogP contribution in [0.15, 0.2) is 57.7 Å². The average molecular weight is 403 g/mol. The average Bonchev–Trinajstić information content (AvgIpc) is 3.13. The van der Waals surface area contributed by atoms with Crippen molar-refractivity contribution in [2.24, 2.45) is 0 Å². The van der Waals surface area contributed by atoms with Gasteiger partial charge in [-0.2, -0.15) is 5.26 Å². The molecule has 0 aliphatic rings. The Morgan fingerprint density at radius 3 is 2.63 bits per heavy atom. The Kier molecular flexibility index (Phi) is 5.28. The normalized spacial score (nSPS) is 10.9. The van der Waals surface area contributed by atoms with Gasteiger partial charge in [-0.1, -0.05) is 30.3 Å². The lowest BCUT2D eigenvalue weighted by molar-refractivity contribution is 0.0417. The molecule has 2 aromatic carbocycles. The van der Waals surface area contributed by atoms with Gasteiger partial charge in [-0.15, -0.1) is 0 Å². The first-order valence-corrected chi connectivity index (χ1v) is 9.16. The molecule has 0 N–H and O–H groups in total. The van der Waals surface area contributed by atoms with Crippen LogP contribution in [0.4, 0.5) is 0 Å². The molecule has 30 heavy (non-hydrogen) atoms. The van der Waals surface area contributed by atoms with Crippen LogP contribution in [0.3, 0.4) is 0 Å². The maximum absolute atomic E-state index is 12.7. The second-order valence-corrected chi connectivity index (χ2v) is 6.51. The standard InChI is InChI=1S/C22H17N3O5/c1-28-12-16-14-6-3-5-9-18(14)30-20(16)22(27)29-13-19-24-17-8-4-2-7-15(17)21(26)25(19)11-10-23/h2-9H,11-13H2,1H3. The van der Waals surface area contributed by atoms with E-state index >= 15 is 0 Å². The van der Waals surface area contributed by atoms with E-state index in [1.807, 2.05) is 18.2 Å². The fourth-order valence-corrected chi connectivity index (χ4v) is 3.30. The first kappa shape index (κ1) is 19.4. The van der Waals surface area contributed by atoms with E-state index in [1.165, 1.54) is 11.7 Å². The second kappa shape index (κ2) is 8.19. The van der Waals surface area contributed by atoms with E-state index in [4.69, 9.17) is 19.2 Å². The molecular weight excluding hydrogens is 386 g/mol. The van der Waals surface area contributed by atoms with Gasteiger partial charge < -0.3 is 13.9 Å².